The summed E-state index contributed by atoms with van der Waals surface area (Å²) < 4.78 is 1.74. The van der Waals surface area contributed by atoms with Crippen LogP contribution >= 0.6 is 0 Å². The van der Waals surface area contributed by atoms with E-state index < -0.39 is 0 Å². The fourth-order valence-electron chi connectivity index (χ4n) is 7.60. The number of hydrogen-bond acceptors (Lipinski definition) is 7. The van der Waals surface area contributed by atoms with E-state index in [-0.39, 0.29) is 11.0 Å². The highest BCUT2D eigenvalue weighted by Crippen LogP contribution is 2.64. The molecule has 0 amide bonds. The van der Waals surface area contributed by atoms with E-state index in [1.807, 2.05) is 25.4 Å². The van der Waals surface area contributed by atoms with Gasteiger partial charge in [-0.25, -0.2) is 14.5 Å². The lowest BCUT2D eigenvalue weighted by atomic mass is 9.47. The largest absolute Gasteiger partial charge is 0.324 e. The van der Waals surface area contributed by atoms with Gasteiger partial charge in [0.2, 0.25) is 5.95 Å². The first kappa shape index (κ1) is 19.0. The standard InChI is InChI=1S/C25H26N8/c1-15-3-21-28-14-29-32(21)11-20(15)30-23-27-10-19-4-16(2)33(22(19)31-23)25-8-17-5-18(9-25)7-24(6-17,12-25)13-26/h3,10-11,14,17-18H,2,4-9,12H2,1H3,(H,27,30,31). The lowest BCUT2D eigenvalue weighted by Gasteiger charge is -2.62. The molecule has 2 unspecified atom stereocenters. The van der Waals surface area contributed by atoms with Gasteiger partial charge in [0.05, 0.1) is 23.4 Å². The van der Waals surface area contributed by atoms with Crippen LogP contribution in [-0.4, -0.2) is 30.1 Å². The molecule has 0 saturated heterocycles. The summed E-state index contributed by atoms with van der Waals surface area (Å²) in [5, 5.41) is 17.7. The van der Waals surface area contributed by atoms with Crippen LogP contribution in [0.5, 0.6) is 0 Å². The fraction of sp³-hybridized carbons (Fsp3) is 0.480. The topological polar surface area (TPSA) is 95.0 Å². The molecule has 8 rings (SSSR count). The van der Waals surface area contributed by atoms with Crippen LogP contribution < -0.4 is 10.2 Å². The summed E-state index contributed by atoms with van der Waals surface area (Å²) in [5.41, 5.74) is 4.76. The maximum atomic E-state index is 10.1. The minimum atomic E-state index is -0.175. The average molecular weight is 439 g/mol. The van der Waals surface area contributed by atoms with Crippen molar-refractivity contribution in [3.05, 3.63) is 48.2 Å². The summed E-state index contributed by atoms with van der Waals surface area (Å²) >= 11 is 0. The summed E-state index contributed by atoms with van der Waals surface area (Å²) in [6.45, 7) is 6.49. The van der Waals surface area contributed by atoms with Crippen LogP contribution in [0.25, 0.3) is 5.65 Å². The average Bonchev–Trinajstić information content (AvgIpc) is 3.35. The third-order valence-corrected chi connectivity index (χ3v) is 8.38. The van der Waals surface area contributed by atoms with Crippen LogP contribution in [-0.2, 0) is 6.42 Å². The Kier molecular flexibility index (Phi) is 3.64. The summed E-state index contributed by atoms with van der Waals surface area (Å²) in [4.78, 5) is 16.3. The van der Waals surface area contributed by atoms with Gasteiger partial charge in [-0.1, -0.05) is 6.58 Å². The number of nitrogens with zero attached hydrogens (tertiary/aromatic N) is 7. The Balaban J connectivity index is 1.27. The minimum absolute atomic E-state index is 0.0384. The SMILES string of the molecule is C=C1Cc2cnc(Nc3cn4ncnc4cc3C)nc2N1C12CC3CC(CC(C#N)(C3)C1)C2. The van der Waals surface area contributed by atoms with Gasteiger partial charge in [-0.2, -0.15) is 15.3 Å². The Labute approximate surface area is 192 Å². The highest BCUT2D eigenvalue weighted by atomic mass is 15.3. The molecular weight excluding hydrogens is 412 g/mol. The molecule has 166 valence electrons. The summed E-state index contributed by atoms with van der Waals surface area (Å²) in [6.07, 6.45) is 12.8. The van der Waals surface area contributed by atoms with E-state index in [2.05, 4.69) is 37.9 Å². The number of pyridine rings is 1. The molecule has 0 spiro atoms. The van der Waals surface area contributed by atoms with Crippen molar-refractivity contribution in [3.8, 4) is 6.07 Å². The van der Waals surface area contributed by atoms with Crippen LogP contribution in [0.4, 0.5) is 17.5 Å². The molecule has 8 nitrogen and oxygen atoms in total. The zero-order valence-electron chi connectivity index (χ0n) is 18.8. The molecule has 4 saturated carbocycles. The monoisotopic (exact) mass is 438 g/mol. The predicted octanol–water partition coefficient (Wildman–Crippen LogP) is 4.31. The molecule has 4 fully saturated rings. The Bertz CT molecular complexity index is 1350. The Morgan fingerprint density at radius 2 is 2.03 bits per heavy atom. The van der Waals surface area contributed by atoms with Crippen LogP contribution in [0.2, 0.25) is 0 Å². The minimum Gasteiger partial charge on any atom is -0.324 e. The molecule has 3 aromatic heterocycles. The third-order valence-electron chi connectivity index (χ3n) is 8.38. The predicted molar refractivity (Wildman–Crippen MR) is 124 cm³/mol. The van der Waals surface area contributed by atoms with E-state index in [9.17, 15) is 5.26 Å². The number of nitrogens with one attached hydrogen (secondary N) is 1. The number of allylic oxidation sites excluding steroid dienone is 1. The second kappa shape index (κ2) is 6.31. The third kappa shape index (κ3) is 2.68. The molecule has 8 heteroatoms. The van der Waals surface area contributed by atoms with Crippen molar-refractivity contribution in [1.29, 1.82) is 5.26 Å². The number of fused-ring (bicyclic) bond motifs is 2. The van der Waals surface area contributed by atoms with Crippen LogP contribution in [0, 0.1) is 35.5 Å². The highest BCUT2D eigenvalue weighted by molar-refractivity contribution is 5.67. The van der Waals surface area contributed by atoms with Crippen molar-refractivity contribution in [2.24, 2.45) is 17.3 Å². The van der Waals surface area contributed by atoms with Gasteiger partial charge in [-0.05, 0) is 68.9 Å². The van der Waals surface area contributed by atoms with E-state index in [0.29, 0.717) is 17.8 Å². The van der Waals surface area contributed by atoms with Crippen molar-refractivity contribution >= 4 is 23.1 Å². The molecule has 1 aliphatic heterocycles. The van der Waals surface area contributed by atoms with Crippen molar-refractivity contribution in [2.75, 3.05) is 10.2 Å². The van der Waals surface area contributed by atoms with E-state index in [4.69, 9.17) is 4.98 Å². The molecule has 1 N–H and O–H groups in total. The second-order valence-corrected chi connectivity index (χ2v) is 10.8. The quantitative estimate of drug-likeness (QED) is 0.651. The summed E-state index contributed by atoms with van der Waals surface area (Å²) in [5.74, 6) is 2.81. The summed E-state index contributed by atoms with van der Waals surface area (Å²) in [7, 11) is 0. The van der Waals surface area contributed by atoms with Crippen LogP contribution in [0.3, 0.4) is 0 Å². The Hall–Kier alpha value is -3.47. The number of aromatic nitrogens is 5. The van der Waals surface area contributed by atoms with Crippen LogP contribution in [0.15, 0.2) is 37.1 Å². The van der Waals surface area contributed by atoms with Crippen molar-refractivity contribution < 1.29 is 0 Å². The molecule has 5 aliphatic rings. The van der Waals surface area contributed by atoms with Gasteiger partial charge in [-0.3, -0.25) is 0 Å². The molecule has 0 radical (unpaired) electrons. The van der Waals surface area contributed by atoms with E-state index >= 15 is 0 Å². The first-order chi connectivity index (χ1) is 16.0. The van der Waals surface area contributed by atoms with Gasteiger partial charge in [0.1, 0.15) is 12.1 Å². The number of rotatable bonds is 3. The molecule has 33 heavy (non-hydrogen) atoms. The highest BCUT2D eigenvalue weighted by Gasteiger charge is 2.61. The molecule has 4 aliphatic carbocycles. The van der Waals surface area contributed by atoms with Crippen LogP contribution in [0.1, 0.15) is 49.7 Å². The molecule has 4 heterocycles. The van der Waals surface area contributed by atoms with Gasteiger partial charge in [0.25, 0.3) is 0 Å². The van der Waals surface area contributed by atoms with Gasteiger partial charge in [-0.15, -0.1) is 0 Å². The lowest BCUT2D eigenvalue weighted by molar-refractivity contribution is -0.0370. The lowest BCUT2D eigenvalue weighted by Crippen LogP contribution is -2.62. The maximum Gasteiger partial charge on any atom is 0.229 e. The van der Waals surface area contributed by atoms with Crippen molar-refractivity contribution in [3.63, 3.8) is 0 Å². The summed E-state index contributed by atoms with van der Waals surface area (Å²) in [6, 6.07) is 4.74. The molecule has 2 atom stereocenters. The zero-order chi connectivity index (χ0) is 22.4. The van der Waals surface area contributed by atoms with E-state index in [1.165, 1.54) is 6.42 Å². The molecule has 0 aromatic carbocycles. The number of nitriles is 1. The number of aryl methyl sites for hydroxylation is 1. The first-order valence-electron chi connectivity index (χ1n) is 11.8. The Morgan fingerprint density at radius 3 is 2.82 bits per heavy atom. The van der Waals surface area contributed by atoms with E-state index in [0.717, 1.165) is 72.5 Å². The number of anilines is 3. The number of hydrogen-bond donors (Lipinski definition) is 1. The first-order valence-corrected chi connectivity index (χ1v) is 11.8. The molecular formula is C25H26N8. The van der Waals surface area contributed by atoms with Crippen molar-refractivity contribution in [2.45, 2.75) is 57.4 Å². The van der Waals surface area contributed by atoms with E-state index in [1.54, 1.807) is 10.8 Å². The molecule has 3 aromatic rings. The zero-order valence-corrected chi connectivity index (χ0v) is 18.8. The molecule has 4 bridgehead atoms. The normalized spacial score (nSPS) is 31.8. The van der Waals surface area contributed by atoms with Crippen molar-refractivity contribution in [1.82, 2.24) is 24.6 Å². The second-order valence-electron chi connectivity index (χ2n) is 10.8. The van der Waals surface area contributed by atoms with Gasteiger partial charge >= 0.3 is 0 Å². The van der Waals surface area contributed by atoms with Gasteiger partial charge < -0.3 is 10.2 Å². The maximum absolute atomic E-state index is 10.1. The fourth-order valence-corrected chi connectivity index (χ4v) is 7.60. The van der Waals surface area contributed by atoms with Gasteiger partial charge in [0, 0.05) is 29.4 Å². The Morgan fingerprint density at radius 1 is 1.21 bits per heavy atom. The smallest absolute Gasteiger partial charge is 0.229 e. The van der Waals surface area contributed by atoms with Gasteiger partial charge in [0.15, 0.2) is 5.65 Å².